The van der Waals surface area contributed by atoms with Crippen LogP contribution in [-0.4, -0.2) is 50.9 Å². The Balaban J connectivity index is 1.69. The van der Waals surface area contributed by atoms with Gasteiger partial charge < -0.3 is 15.0 Å². The Morgan fingerprint density at radius 2 is 1.57 bits per heavy atom. The van der Waals surface area contributed by atoms with E-state index in [0.717, 1.165) is 46.7 Å². The quantitative estimate of drug-likeness (QED) is 0.284. The Kier molecular flexibility index (Phi) is 10.3. The molecule has 0 bridgehead atoms. The van der Waals surface area contributed by atoms with E-state index in [1.807, 2.05) is 38.1 Å². The maximum Gasteiger partial charge on any atom is 0.264 e. The Hall–Kier alpha value is -3.37. The summed E-state index contributed by atoms with van der Waals surface area (Å²) < 4.78 is 35.0. The molecule has 42 heavy (non-hydrogen) atoms. The van der Waals surface area contributed by atoms with Gasteiger partial charge in [0.2, 0.25) is 11.8 Å². The number of ether oxygens (including phenoxy) is 1. The van der Waals surface area contributed by atoms with E-state index in [1.165, 1.54) is 24.1 Å². The summed E-state index contributed by atoms with van der Waals surface area (Å²) in [5, 5.41) is 3.09. The van der Waals surface area contributed by atoms with Crippen molar-refractivity contribution in [3.05, 3.63) is 87.9 Å². The number of carbonyl (C=O) groups excluding carboxylic acids is 2. The average molecular weight is 657 g/mol. The van der Waals surface area contributed by atoms with Gasteiger partial charge in [-0.25, -0.2) is 8.42 Å². The fourth-order valence-corrected chi connectivity index (χ4v) is 7.17. The molecule has 1 N–H and O–H groups in total. The minimum absolute atomic E-state index is 0.000611. The predicted octanol–water partition coefficient (Wildman–Crippen LogP) is 5.75. The summed E-state index contributed by atoms with van der Waals surface area (Å²) in [6.45, 7) is 5.26. The van der Waals surface area contributed by atoms with Gasteiger partial charge in [0.05, 0.1) is 22.2 Å². The molecule has 1 unspecified atom stereocenters. The first-order chi connectivity index (χ1) is 20.0. The number of hydrogen-bond acceptors (Lipinski definition) is 5. The third-order valence-electron chi connectivity index (χ3n) is 7.65. The zero-order valence-electron chi connectivity index (χ0n) is 24.5. The van der Waals surface area contributed by atoms with Gasteiger partial charge in [-0.3, -0.25) is 13.9 Å². The van der Waals surface area contributed by atoms with Crippen LogP contribution in [0, 0.1) is 13.8 Å². The molecular formula is C32H38BrN3O5S. The lowest BCUT2D eigenvalue weighted by Crippen LogP contribution is -2.52. The predicted molar refractivity (Wildman–Crippen MR) is 168 cm³/mol. The summed E-state index contributed by atoms with van der Waals surface area (Å²) in [6.07, 6.45) is 3.97. The van der Waals surface area contributed by atoms with Crippen molar-refractivity contribution in [2.24, 2.45) is 0 Å². The number of nitrogens with one attached hydrogen (secondary N) is 1. The van der Waals surface area contributed by atoms with Crippen LogP contribution in [0.25, 0.3) is 0 Å². The average Bonchev–Trinajstić information content (AvgIpc) is 3.48. The van der Waals surface area contributed by atoms with Crippen molar-refractivity contribution in [1.82, 2.24) is 10.2 Å². The van der Waals surface area contributed by atoms with Crippen LogP contribution in [0.3, 0.4) is 0 Å². The van der Waals surface area contributed by atoms with Crippen molar-refractivity contribution >= 4 is 43.5 Å². The molecule has 0 saturated heterocycles. The van der Waals surface area contributed by atoms with Crippen molar-refractivity contribution < 1.29 is 22.7 Å². The Labute approximate surface area is 257 Å². The van der Waals surface area contributed by atoms with Crippen LogP contribution in [0.4, 0.5) is 5.69 Å². The number of halogens is 1. The molecule has 0 radical (unpaired) electrons. The lowest BCUT2D eigenvalue weighted by atomic mass is 10.1. The van der Waals surface area contributed by atoms with Crippen molar-refractivity contribution in [2.75, 3.05) is 18.0 Å². The molecule has 8 nitrogen and oxygen atoms in total. The van der Waals surface area contributed by atoms with Gasteiger partial charge >= 0.3 is 0 Å². The number of nitrogens with zero attached hydrogens (tertiary/aromatic N) is 2. The fraction of sp³-hybridized carbons (Fsp3) is 0.375. The highest BCUT2D eigenvalue weighted by Crippen LogP contribution is 2.31. The van der Waals surface area contributed by atoms with Gasteiger partial charge in [-0.2, -0.15) is 0 Å². The van der Waals surface area contributed by atoms with E-state index < -0.39 is 28.5 Å². The molecule has 0 heterocycles. The van der Waals surface area contributed by atoms with Crippen LogP contribution >= 0.6 is 15.9 Å². The summed E-state index contributed by atoms with van der Waals surface area (Å²) in [6, 6.07) is 18.4. The lowest BCUT2D eigenvalue weighted by molar-refractivity contribution is -0.139. The van der Waals surface area contributed by atoms with Crippen molar-refractivity contribution in [3.63, 3.8) is 0 Å². The van der Waals surface area contributed by atoms with Gasteiger partial charge in [0.15, 0.2) is 0 Å². The number of aryl methyl sites for hydroxylation is 2. The van der Waals surface area contributed by atoms with Crippen molar-refractivity contribution in [2.45, 2.75) is 70.0 Å². The summed E-state index contributed by atoms with van der Waals surface area (Å²) in [5.41, 5.74) is 3.22. The number of anilines is 1. The molecule has 224 valence electrons. The van der Waals surface area contributed by atoms with E-state index in [0.29, 0.717) is 15.9 Å². The smallest absolute Gasteiger partial charge is 0.264 e. The van der Waals surface area contributed by atoms with Crippen molar-refractivity contribution in [1.29, 1.82) is 0 Å². The molecule has 0 aliphatic heterocycles. The molecule has 1 aliphatic carbocycles. The summed E-state index contributed by atoms with van der Waals surface area (Å²) in [5.74, 6) is -0.245. The third-order valence-corrected chi connectivity index (χ3v) is 10.0. The maximum absolute atomic E-state index is 14.1. The van der Waals surface area contributed by atoms with Gasteiger partial charge in [0.25, 0.3) is 10.0 Å². The minimum atomic E-state index is -4.19. The van der Waals surface area contributed by atoms with E-state index in [4.69, 9.17) is 4.74 Å². The highest BCUT2D eigenvalue weighted by Gasteiger charge is 2.33. The molecule has 10 heteroatoms. The Morgan fingerprint density at radius 1 is 0.976 bits per heavy atom. The minimum Gasteiger partial charge on any atom is -0.496 e. The number of rotatable bonds is 11. The van der Waals surface area contributed by atoms with Gasteiger partial charge in [0, 0.05) is 12.6 Å². The normalized spacial score (nSPS) is 14.3. The van der Waals surface area contributed by atoms with E-state index in [2.05, 4.69) is 21.2 Å². The second-order valence-electron chi connectivity index (χ2n) is 10.8. The van der Waals surface area contributed by atoms with Gasteiger partial charge in [-0.1, -0.05) is 60.4 Å². The standard InChI is InChI=1S/C32H38BrN3O5S/c1-22-9-13-25(14-10-22)20-35(24(3)32(38)34-26-7-5-6-8-26)31(37)21-36(27-15-11-23(2)12-16-27)42(39,40)28-17-18-30(41-4)29(33)19-28/h9-19,24,26H,5-8,20-21H2,1-4H3,(H,34,38). The topological polar surface area (TPSA) is 96.0 Å². The monoisotopic (exact) mass is 655 g/mol. The number of benzene rings is 3. The molecule has 1 saturated carbocycles. The molecule has 2 amide bonds. The molecule has 0 spiro atoms. The highest BCUT2D eigenvalue weighted by molar-refractivity contribution is 9.10. The number of sulfonamides is 1. The zero-order chi connectivity index (χ0) is 30.4. The van der Waals surface area contributed by atoms with E-state index in [1.54, 1.807) is 37.3 Å². The Bertz CT molecular complexity index is 1500. The molecule has 3 aromatic carbocycles. The number of hydrogen-bond donors (Lipinski definition) is 1. The lowest BCUT2D eigenvalue weighted by Gasteiger charge is -2.32. The van der Waals surface area contributed by atoms with Crippen LogP contribution < -0.4 is 14.4 Å². The first-order valence-electron chi connectivity index (χ1n) is 14.1. The molecule has 4 rings (SSSR count). The van der Waals surface area contributed by atoms with Crippen LogP contribution in [0.5, 0.6) is 5.75 Å². The number of carbonyl (C=O) groups is 2. The molecule has 1 aliphatic rings. The number of methoxy groups -OCH3 is 1. The summed E-state index contributed by atoms with van der Waals surface area (Å²) >= 11 is 3.37. The molecular weight excluding hydrogens is 618 g/mol. The highest BCUT2D eigenvalue weighted by atomic mass is 79.9. The van der Waals surface area contributed by atoms with E-state index in [9.17, 15) is 18.0 Å². The third kappa shape index (κ3) is 7.52. The molecule has 3 aromatic rings. The largest absolute Gasteiger partial charge is 0.496 e. The Morgan fingerprint density at radius 3 is 2.14 bits per heavy atom. The molecule has 1 atom stereocenters. The maximum atomic E-state index is 14.1. The van der Waals surface area contributed by atoms with Crippen LogP contribution in [-0.2, 0) is 26.2 Å². The summed E-state index contributed by atoms with van der Waals surface area (Å²) in [4.78, 5) is 28.9. The molecule has 1 fully saturated rings. The van der Waals surface area contributed by atoms with E-state index in [-0.39, 0.29) is 23.4 Å². The summed E-state index contributed by atoms with van der Waals surface area (Å²) in [7, 11) is -2.69. The second kappa shape index (κ2) is 13.7. The van der Waals surface area contributed by atoms with Gasteiger partial charge in [-0.15, -0.1) is 0 Å². The van der Waals surface area contributed by atoms with Crippen LogP contribution in [0.2, 0.25) is 0 Å². The SMILES string of the molecule is COc1ccc(S(=O)(=O)N(CC(=O)N(Cc2ccc(C)cc2)C(C)C(=O)NC2CCCC2)c2ccc(C)cc2)cc1Br. The molecule has 0 aromatic heterocycles. The second-order valence-corrected chi connectivity index (χ2v) is 13.5. The first-order valence-corrected chi connectivity index (χ1v) is 16.3. The van der Waals surface area contributed by atoms with Crippen molar-refractivity contribution in [3.8, 4) is 5.75 Å². The van der Waals surface area contributed by atoms with Crippen LogP contribution in [0.15, 0.2) is 76.1 Å². The first kappa shape index (κ1) is 31.6. The fourth-order valence-electron chi connectivity index (χ4n) is 5.04. The van der Waals surface area contributed by atoms with Crippen LogP contribution in [0.1, 0.15) is 49.3 Å². The van der Waals surface area contributed by atoms with Gasteiger partial charge in [-0.05, 0) is 85.4 Å². The zero-order valence-corrected chi connectivity index (χ0v) is 26.9. The van der Waals surface area contributed by atoms with E-state index >= 15 is 0 Å². The van der Waals surface area contributed by atoms with Gasteiger partial charge in [0.1, 0.15) is 18.3 Å². The number of amides is 2.